The molecule has 0 aromatic rings. The van der Waals surface area contributed by atoms with Gasteiger partial charge in [-0.05, 0) is 161 Å². The first-order valence-electron chi connectivity index (χ1n) is 22.3. The fourth-order valence-corrected chi connectivity index (χ4v) is 15.1. The molecule has 55 heavy (non-hydrogen) atoms. The zero-order valence-electron chi connectivity index (χ0n) is 36.7. The van der Waals surface area contributed by atoms with E-state index in [9.17, 15) is 19.5 Å². The van der Waals surface area contributed by atoms with Crippen molar-refractivity contribution in [2.24, 2.45) is 62.1 Å². The average molecular weight is 766 g/mol. The molecule has 0 aromatic heterocycles. The second-order valence-electron chi connectivity index (χ2n) is 22.4. The Morgan fingerprint density at radius 3 is 2.16 bits per heavy atom. The van der Waals surface area contributed by atoms with Gasteiger partial charge in [0.15, 0.2) is 0 Å². The SMILES string of the molecule is C=C(C)[C@@H]1CC[C@]2(CC(=O)N3CCN(CCCN(C)C)CC3)CC[C@]3(C)[C@H](CC[C@@H]4[C@@]5(C)CC[C@H](OC(=O)CC(C)(C)CC(=O)O)C(C)(C)[C@@H]5CC[C@]43C)[C@@H]12. The minimum atomic E-state index is -0.879. The van der Waals surface area contributed by atoms with Crippen molar-refractivity contribution in [2.45, 2.75) is 151 Å². The van der Waals surface area contributed by atoms with E-state index in [1.165, 1.54) is 50.5 Å². The molecule has 8 nitrogen and oxygen atoms in total. The van der Waals surface area contributed by atoms with Crippen LogP contribution in [0.1, 0.15) is 145 Å². The molecule has 10 atom stereocenters. The van der Waals surface area contributed by atoms with Gasteiger partial charge >= 0.3 is 11.9 Å². The van der Waals surface area contributed by atoms with Gasteiger partial charge in [0.2, 0.25) is 5.91 Å². The third-order valence-electron chi connectivity index (χ3n) is 18.0. The molecule has 1 amide bonds. The van der Waals surface area contributed by atoms with Crippen LogP contribution in [0.2, 0.25) is 0 Å². The van der Waals surface area contributed by atoms with Crippen LogP contribution in [0.5, 0.6) is 0 Å². The second kappa shape index (κ2) is 15.3. The Morgan fingerprint density at radius 1 is 0.836 bits per heavy atom. The summed E-state index contributed by atoms with van der Waals surface area (Å²) in [4.78, 5) is 46.0. The van der Waals surface area contributed by atoms with Gasteiger partial charge in [0, 0.05) is 38.0 Å². The molecule has 6 fully saturated rings. The van der Waals surface area contributed by atoms with Crippen molar-refractivity contribution in [3.63, 3.8) is 0 Å². The number of aliphatic carboxylic acids is 1. The lowest BCUT2D eigenvalue weighted by atomic mass is 9.32. The number of hydrogen-bond donors (Lipinski definition) is 1. The molecule has 0 unspecified atom stereocenters. The van der Waals surface area contributed by atoms with E-state index in [2.05, 4.69) is 76.9 Å². The number of carboxylic acid groups (broad SMARTS) is 1. The number of rotatable bonds is 12. The van der Waals surface area contributed by atoms with Crippen LogP contribution in [0.25, 0.3) is 0 Å². The van der Waals surface area contributed by atoms with Gasteiger partial charge in [-0.15, -0.1) is 0 Å². The summed E-state index contributed by atoms with van der Waals surface area (Å²) in [5, 5.41) is 9.37. The minimum absolute atomic E-state index is 0.0444. The summed E-state index contributed by atoms with van der Waals surface area (Å²) in [6.45, 7) is 29.2. The Hall–Kier alpha value is -1.93. The summed E-state index contributed by atoms with van der Waals surface area (Å²) >= 11 is 0. The number of carbonyl (C=O) groups is 3. The van der Waals surface area contributed by atoms with Gasteiger partial charge < -0.3 is 19.6 Å². The lowest BCUT2D eigenvalue weighted by molar-refractivity contribution is -0.250. The topological polar surface area (TPSA) is 90.4 Å². The van der Waals surface area contributed by atoms with E-state index in [0.29, 0.717) is 35.5 Å². The maximum absolute atomic E-state index is 14.3. The van der Waals surface area contributed by atoms with Crippen LogP contribution >= 0.6 is 0 Å². The zero-order valence-corrected chi connectivity index (χ0v) is 36.7. The van der Waals surface area contributed by atoms with Crippen molar-refractivity contribution in [1.29, 1.82) is 0 Å². The standard InChI is InChI=1S/C47H79N3O5/c1-32(2)33-15-20-47(29-38(51)50-27-25-49(26-28-50)24-12-23-48(10)11)22-21-45(8)34(41(33)47)13-14-36-44(7)18-17-37(43(5,6)35(44)16-19-46(36,45)9)55-40(54)31-42(3,4)30-39(52)53/h33-37,41H,1,12-31H2,2-11H3,(H,52,53)/t33-,34+,35-,36+,37-,41+,44-,45+,46+,47+/m0/s1. The monoisotopic (exact) mass is 766 g/mol. The lowest BCUT2D eigenvalue weighted by Gasteiger charge is -2.73. The van der Waals surface area contributed by atoms with Gasteiger partial charge in [-0.25, -0.2) is 0 Å². The highest BCUT2D eigenvalue weighted by Crippen LogP contribution is 2.78. The van der Waals surface area contributed by atoms with Crippen LogP contribution in [0.4, 0.5) is 0 Å². The van der Waals surface area contributed by atoms with Crippen LogP contribution in [0, 0.1) is 62.1 Å². The number of ether oxygens (including phenoxy) is 1. The molecule has 0 radical (unpaired) electrons. The maximum atomic E-state index is 14.3. The van der Waals surface area contributed by atoms with Gasteiger partial charge in [-0.1, -0.05) is 60.6 Å². The highest BCUT2D eigenvalue weighted by Gasteiger charge is 2.71. The molecular formula is C47H79N3O5. The van der Waals surface area contributed by atoms with Crippen LogP contribution in [-0.4, -0.2) is 97.1 Å². The smallest absolute Gasteiger partial charge is 0.306 e. The first kappa shape index (κ1) is 42.7. The average Bonchev–Trinajstić information content (AvgIpc) is 3.45. The molecule has 5 aliphatic carbocycles. The van der Waals surface area contributed by atoms with Crippen molar-refractivity contribution in [3.05, 3.63) is 12.2 Å². The highest BCUT2D eigenvalue weighted by atomic mass is 16.5. The van der Waals surface area contributed by atoms with Gasteiger partial charge in [-0.2, -0.15) is 0 Å². The summed E-state index contributed by atoms with van der Waals surface area (Å²) in [6.07, 6.45) is 13.3. The maximum Gasteiger partial charge on any atom is 0.306 e. The first-order chi connectivity index (χ1) is 25.6. The third-order valence-corrected chi connectivity index (χ3v) is 18.0. The minimum Gasteiger partial charge on any atom is -0.481 e. The fourth-order valence-electron chi connectivity index (χ4n) is 15.1. The number of allylic oxidation sites excluding steroid dienone is 1. The Labute approximate surface area is 334 Å². The van der Waals surface area contributed by atoms with E-state index in [1.54, 1.807) is 0 Å². The first-order valence-corrected chi connectivity index (χ1v) is 22.3. The van der Waals surface area contributed by atoms with E-state index in [0.717, 1.165) is 71.4 Å². The molecule has 1 aliphatic heterocycles. The van der Waals surface area contributed by atoms with Gasteiger partial charge in [0.25, 0.3) is 0 Å². The molecule has 1 N–H and O–H groups in total. The van der Waals surface area contributed by atoms with Gasteiger partial charge in [0.05, 0.1) is 12.8 Å². The molecule has 1 heterocycles. The van der Waals surface area contributed by atoms with Crippen molar-refractivity contribution in [1.82, 2.24) is 14.7 Å². The Bertz CT molecular complexity index is 1470. The van der Waals surface area contributed by atoms with E-state index < -0.39 is 11.4 Å². The van der Waals surface area contributed by atoms with E-state index >= 15 is 0 Å². The van der Waals surface area contributed by atoms with E-state index in [1.807, 2.05) is 13.8 Å². The largest absolute Gasteiger partial charge is 0.481 e. The highest BCUT2D eigenvalue weighted by molar-refractivity contribution is 5.77. The van der Waals surface area contributed by atoms with Crippen molar-refractivity contribution >= 4 is 17.8 Å². The predicted molar refractivity (Wildman–Crippen MR) is 220 cm³/mol. The zero-order chi connectivity index (χ0) is 40.4. The Morgan fingerprint density at radius 2 is 1.53 bits per heavy atom. The van der Waals surface area contributed by atoms with E-state index in [4.69, 9.17) is 4.74 Å². The third kappa shape index (κ3) is 7.72. The molecule has 0 aromatic carbocycles. The normalized spacial score (nSPS) is 40.1. The molecule has 0 spiro atoms. The number of piperazine rings is 1. The molecular weight excluding hydrogens is 687 g/mol. The molecule has 5 saturated carbocycles. The summed E-state index contributed by atoms with van der Waals surface area (Å²) < 4.78 is 6.31. The second-order valence-corrected chi connectivity index (χ2v) is 22.4. The van der Waals surface area contributed by atoms with Gasteiger partial charge in [0.1, 0.15) is 6.10 Å². The van der Waals surface area contributed by atoms with Crippen LogP contribution < -0.4 is 0 Å². The molecule has 6 aliphatic rings. The summed E-state index contributed by atoms with van der Waals surface area (Å²) in [5.41, 5.74) is 1.21. The summed E-state index contributed by atoms with van der Waals surface area (Å²) in [7, 11) is 4.28. The Kier molecular flexibility index (Phi) is 11.9. The Balaban J connectivity index is 1.17. The molecule has 1 saturated heterocycles. The number of carboxylic acids is 1. The molecule has 6 rings (SSSR count). The van der Waals surface area contributed by atoms with Gasteiger partial charge in [-0.3, -0.25) is 19.3 Å². The quantitative estimate of drug-likeness (QED) is 0.157. The molecule has 8 heteroatoms. The fraction of sp³-hybridized carbons (Fsp3) is 0.894. The number of fused-ring (bicyclic) bond motifs is 7. The van der Waals surface area contributed by atoms with Crippen molar-refractivity contribution in [2.75, 3.05) is 53.4 Å². The lowest BCUT2D eigenvalue weighted by Crippen LogP contribution is -2.67. The number of amides is 1. The van der Waals surface area contributed by atoms with Crippen molar-refractivity contribution in [3.8, 4) is 0 Å². The number of hydrogen-bond acceptors (Lipinski definition) is 6. The number of nitrogens with zero attached hydrogens (tertiary/aromatic N) is 3. The molecule has 312 valence electrons. The van der Waals surface area contributed by atoms with Crippen LogP contribution in [0.3, 0.4) is 0 Å². The van der Waals surface area contributed by atoms with Crippen LogP contribution in [-0.2, 0) is 19.1 Å². The number of esters is 1. The van der Waals surface area contributed by atoms with Crippen molar-refractivity contribution < 1.29 is 24.2 Å². The van der Waals surface area contributed by atoms with Crippen LogP contribution in [0.15, 0.2) is 12.2 Å². The molecule has 0 bridgehead atoms. The summed E-state index contributed by atoms with van der Waals surface area (Å²) in [6, 6.07) is 0. The number of carbonyl (C=O) groups excluding carboxylic acids is 2. The van der Waals surface area contributed by atoms with E-state index in [-0.39, 0.29) is 52.0 Å². The summed E-state index contributed by atoms with van der Waals surface area (Å²) in [5.74, 6) is 1.97. The predicted octanol–water partition coefficient (Wildman–Crippen LogP) is 8.93.